The topological polar surface area (TPSA) is 35.8 Å². The Kier molecular flexibility index (Phi) is 4.18. The lowest BCUT2D eigenvalue weighted by Crippen LogP contribution is -2.10. The van der Waals surface area contributed by atoms with Crippen molar-refractivity contribution in [2.75, 3.05) is 5.32 Å². The van der Waals surface area contributed by atoms with Gasteiger partial charge in [0, 0.05) is 5.69 Å². The molecule has 2 aromatic rings. The molecule has 2 nitrogen and oxygen atoms in total. The van der Waals surface area contributed by atoms with Crippen molar-refractivity contribution in [1.82, 2.24) is 0 Å². The third kappa shape index (κ3) is 3.76. The van der Waals surface area contributed by atoms with Crippen molar-refractivity contribution >= 4 is 5.69 Å². The van der Waals surface area contributed by atoms with E-state index < -0.39 is 17.8 Å². The van der Waals surface area contributed by atoms with Gasteiger partial charge in [0.05, 0.1) is 11.6 Å². The highest BCUT2D eigenvalue weighted by molar-refractivity contribution is 5.49. The van der Waals surface area contributed by atoms with E-state index in [1.807, 2.05) is 25.1 Å². The van der Waals surface area contributed by atoms with Crippen LogP contribution in [0.25, 0.3) is 0 Å². The molecule has 2 rings (SSSR count). The maximum Gasteiger partial charge on any atom is 0.416 e. The molecular weight excluding hydrogens is 277 g/mol. The molecule has 0 bridgehead atoms. The normalized spacial score (nSPS) is 12.5. The first-order valence-electron chi connectivity index (χ1n) is 6.30. The first-order chi connectivity index (χ1) is 9.90. The zero-order valence-corrected chi connectivity index (χ0v) is 11.3. The minimum absolute atomic E-state index is 0.493. The number of rotatable bonds is 3. The number of alkyl halides is 3. The molecule has 1 atom stereocenters. The summed E-state index contributed by atoms with van der Waals surface area (Å²) in [5.74, 6) is 0. The van der Waals surface area contributed by atoms with Crippen LogP contribution in [0, 0.1) is 18.3 Å². The van der Waals surface area contributed by atoms with Crippen molar-refractivity contribution in [3.63, 3.8) is 0 Å². The molecule has 0 heterocycles. The van der Waals surface area contributed by atoms with Gasteiger partial charge in [0.2, 0.25) is 0 Å². The van der Waals surface area contributed by atoms with Crippen LogP contribution < -0.4 is 5.32 Å². The predicted molar refractivity (Wildman–Crippen MR) is 74.6 cm³/mol. The summed E-state index contributed by atoms with van der Waals surface area (Å²) in [5, 5.41) is 12.2. The van der Waals surface area contributed by atoms with E-state index in [2.05, 4.69) is 11.4 Å². The van der Waals surface area contributed by atoms with Gasteiger partial charge in [-0.3, -0.25) is 0 Å². The summed E-state index contributed by atoms with van der Waals surface area (Å²) >= 11 is 0. The summed E-state index contributed by atoms with van der Waals surface area (Å²) in [4.78, 5) is 0. The van der Waals surface area contributed by atoms with Gasteiger partial charge in [0.15, 0.2) is 0 Å². The summed E-state index contributed by atoms with van der Waals surface area (Å²) in [6, 6.07) is 13.4. The van der Waals surface area contributed by atoms with Gasteiger partial charge in [0.1, 0.15) is 6.04 Å². The van der Waals surface area contributed by atoms with Crippen LogP contribution in [0.4, 0.5) is 18.9 Å². The van der Waals surface area contributed by atoms with E-state index in [4.69, 9.17) is 0 Å². The van der Waals surface area contributed by atoms with Crippen LogP contribution in [-0.4, -0.2) is 0 Å². The Hall–Kier alpha value is -2.48. The Morgan fingerprint density at radius 1 is 1.10 bits per heavy atom. The zero-order valence-electron chi connectivity index (χ0n) is 11.3. The van der Waals surface area contributed by atoms with Crippen LogP contribution in [0.3, 0.4) is 0 Å². The van der Waals surface area contributed by atoms with Crippen molar-refractivity contribution in [1.29, 1.82) is 5.26 Å². The lowest BCUT2D eigenvalue weighted by molar-refractivity contribution is -0.137. The van der Waals surface area contributed by atoms with Crippen LogP contribution >= 0.6 is 0 Å². The van der Waals surface area contributed by atoms with Gasteiger partial charge < -0.3 is 5.32 Å². The fraction of sp³-hybridized carbons (Fsp3) is 0.188. The molecule has 0 saturated heterocycles. The largest absolute Gasteiger partial charge is 0.416 e. The molecule has 0 aliphatic carbocycles. The van der Waals surface area contributed by atoms with Crippen molar-refractivity contribution in [3.05, 3.63) is 65.2 Å². The van der Waals surface area contributed by atoms with Crippen LogP contribution in [0.5, 0.6) is 0 Å². The predicted octanol–water partition coefficient (Wildman–Crippen LogP) is 4.69. The molecule has 0 aliphatic rings. The van der Waals surface area contributed by atoms with Crippen LogP contribution in [0.2, 0.25) is 0 Å². The van der Waals surface area contributed by atoms with Crippen LogP contribution in [0.1, 0.15) is 22.7 Å². The second kappa shape index (κ2) is 5.88. The smallest absolute Gasteiger partial charge is 0.366 e. The zero-order chi connectivity index (χ0) is 15.5. The molecule has 108 valence electrons. The Balaban J connectivity index is 2.20. The van der Waals surface area contributed by atoms with Crippen molar-refractivity contribution < 1.29 is 13.2 Å². The summed E-state index contributed by atoms with van der Waals surface area (Å²) in [6.07, 6.45) is -4.37. The van der Waals surface area contributed by atoms with Crippen LogP contribution in [0.15, 0.2) is 48.5 Å². The second-order valence-electron chi connectivity index (χ2n) is 4.70. The van der Waals surface area contributed by atoms with E-state index in [1.165, 1.54) is 12.1 Å². The van der Waals surface area contributed by atoms with Gasteiger partial charge >= 0.3 is 6.18 Å². The average molecular weight is 290 g/mol. The molecule has 0 aromatic heterocycles. The highest BCUT2D eigenvalue weighted by atomic mass is 19.4. The monoisotopic (exact) mass is 290 g/mol. The highest BCUT2D eigenvalue weighted by Crippen LogP contribution is 2.30. The molecule has 0 saturated carbocycles. The maximum absolute atomic E-state index is 12.5. The summed E-state index contributed by atoms with van der Waals surface area (Å²) in [7, 11) is 0. The molecule has 1 N–H and O–H groups in total. The number of benzene rings is 2. The molecule has 1 unspecified atom stereocenters. The molecule has 0 radical (unpaired) electrons. The number of hydrogen-bond donors (Lipinski definition) is 1. The first kappa shape index (κ1) is 14.9. The standard InChI is InChI=1S/C16H13F3N2/c1-11-3-2-4-14(9-11)21-15(10-20)12-5-7-13(8-6-12)16(17,18)19/h2-9,15,21H,1H3. The van der Waals surface area contributed by atoms with Gasteiger partial charge in [-0.15, -0.1) is 0 Å². The summed E-state index contributed by atoms with van der Waals surface area (Å²) < 4.78 is 37.5. The van der Waals surface area contributed by atoms with Crippen LogP contribution in [-0.2, 0) is 6.18 Å². The second-order valence-corrected chi connectivity index (χ2v) is 4.70. The van der Waals surface area contributed by atoms with Gasteiger partial charge in [-0.25, -0.2) is 0 Å². The third-order valence-electron chi connectivity index (χ3n) is 3.03. The number of aryl methyl sites for hydroxylation is 1. The quantitative estimate of drug-likeness (QED) is 0.890. The Bertz CT molecular complexity index is 654. The Morgan fingerprint density at radius 3 is 2.29 bits per heavy atom. The number of nitrogens with one attached hydrogen (secondary N) is 1. The van der Waals surface area contributed by atoms with Crippen molar-refractivity contribution in [2.45, 2.75) is 19.1 Å². The van der Waals surface area contributed by atoms with E-state index >= 15 is 0 Å². The minimum atomic E-state index is -4.37. The fourth-order valence-electron chi connectivity index (χ4n) is 1.96. The molecule has 0 fully saturated rings. The Labute approximate surface area is 120 Å². The maximum atomic E-state index is 12.5. The highest BCUT2D eigenvalue weighted by Gasteiger charge is 2.30. The van der Waals surface area contributed by atoms with Crippen molar-refractivity contribution in [2.24, 2.45) is 0 Å². The number of nitriles is 1. The van der Waals surface area contributed by atoms with E-state index in [0.29, 0.717) is 5.56 Å². The molecule has 0 amide bonds. The summed E-state index contributed by atoms with van der Waals surface area (Å²) in [5.41, 5.74) is 1.55. The van der Waals surface area contributed by atoms with E-state index in [1.54, 1.807) is 6.07 Å². The number of halogens is 3. The lowest BCUT2D eigenvalue weighted by atomic mass is 10.0. The van der Waals surface area contributed by atoms with Gasteiger partial charge in [-0.1, -0.05) is 24.3 Å². The van der Waals surface area contributed by atoms with E-state index in [9.17, 15) is 18.4 Å². The minimum Gasteiger partial charge on any atom is -0.366 e. The van der Waals surface area contributed by atoms with E-state index in [0.717, 1.165) is 23.4 Å². The average Bonchev–Trinajstić information content (AvgIpc) is 2.44. The SMILES string of the molecule is Cc1cccc(NC(C#N)c2ccc(C(F)(F)F)cc2)c1. The molecular formula is C16H13F3N2. The molecule has 0 aliphatic heterocycles. The van der Waals surface area contributed by atoms with E-state index in [-0.39, 0.29) is 0 Å². The molecule has 2 aromatic carbocycles. The first-order valence-corrected chi connectivity index (χ1v) is 6.30. The van der Waals surface area contributed by atoms with Gasteiger partial charge in [-0.05, 0) is 42.3 Å². The van der Waals surface area contributed by atoms with Gasteiger partial charge in [0.25, 0.3) is 0 Å². The fourth-order valence-corrected chi connectivity index (χ4v) is 1.96. The number of hydrogen-bond acceptors (Lipinski definition) is 2. The molecule has 5 heteroatoms. The lowest BCUT2D eigenvalue weighted by Gasteiger charge is -2.15. The number of anilines is 1. The summed E-state index contributed by atoms with van der Waals surface area (Å²) in [6.45, 7) is 1.92. The van der Waals surface area contributed by atoms with Crippen molar-refractivity contribution in [3.8, 4) is 6.07 Å². The number of nitrogens with zero attached hydrogens (tertiary/aromatic N) is 1. The third-order valence-corrected chi connectivity index (χ3v) is 3.03. The molecule has 21 heavy (non-hydrogen) atoms. The Morgan fingerprint density at radius 2 is 1.76 bits per heavy atom. The molecule has 0 spiro atoms. The van der Waals surface area contributed by atoms with Gasteiger partial charge in [-0.2, -0.15) is 18.4 Å².